The molecule has 0 atom stereocenters. The van der Waals surface area contributed by atoms with Gasteiger partial charge in [0.1, 0.15) is 0 Å². The number of nitrogens with one attached hydrogen (secondary N) is 1. The van der Waals surface area contributed by atoms with Crippen molar-refractivity contribution in [2.45, 2.75) is 0 Å². The van der Waals surface area contributed by atoms with Gasteiger partial charge < -0.3 is 0 Å². The van der Waals surface area contributed by atoms with E-state index in [1.807, 2.05) is 71.4 Å². The van der Waals surface area contributed by atoms with Crippen molar-refractivity contribution in [1.29, 1.82) is 0 Å². The van der Waals surface area contributed by atoms with Gasteiger partial charge in [0.15, 0.2) is 5.82 Å². The van der Waals surface area contributed by atoms with Crippen molar-refractivity contribution in [2.24, 2.45) is 0 Å². The maximum atomic E-state index is 4.55. The van der Waals surface area contributed by atoms with E-state index in [4.69, 9.17) is 0 Å². The molecule has 0 spiro atoms. The van der Waals surface area contributed by atoms with E-state index in [1.54, 1.807) is 0 Å². The van der Waals surface area contributed by atoms with Gasteiger partial charge in [-0.05, 0) is 0 Å². The van der Waals surface area contributed by atoms with Crippen LogP contribution in [0.4, 0.5) is 0 Å². The molecule has 4 heteroatoms. The summed E-state index contributed by atoms with van der Waals surface area (Å²) in [7, 11) is 0. The number of aromatic nitrogens is 4. The van der Waals surface area contributed by atoms with Gasteiger partial charge in [-0.25, -0.2) is 9.50 Å². The highest BCUT2D eigenvalue weighted by Gasteiger charge is 2.09. The number of rotatable bonds is 2. The van der Waals surface area contributed by atoms with Gasteiger partial charge in [-0.2, -0.15) is 4.98 Å². The maximum Gasteiger partial charge on any atom is 0.251 e. The molecule has 0 unspecified atom stereocenters. The fourth-order valence-electron chi connectivity index (χ4n) is 2.24. The lowest BCUT2D eigenvalue weighted by Crippen LogP contribution is -1.83. The van der Waals surface area contributed by atoms with Crippen LogP contribution in [0.2, 0.25) is 0 Å². The monoisotopic (exact) mass is 260 g/mol. The topological polar surface area (TPSA) is 46.0 Å². The Labute approximate surface area is 115 Å². The van der Waals surface area contributed by atoms with Crippen molar-refractivity contribution < 1.29 is 0 Å². The van der Waals surface area contributed by atoms with E-state index in [2.05, 4.69) is 15.1 Å². The molecule has 4 nitrogen and oxygen atoms in total. The minimum Gasteiger partial charge on any atom is -0.274 e. The first-order chi connectivity index (χ1) is 9.90. The molecule has 0 aliphatic heterocycles. The van der Waals surface area contributed by atoms with Crippen molar-refractivity contribution in [3.8, 4) is 22.6 Å². The molecule has 2 aromatic heterocycles. The first-order valence-corrected chi connectivity index (χ1v) is 6.46. The fourth-order valence-corrected chi connectivity index (χ4v) is 2.24. The van der Waals surface area contributed by atoms with Crippen molar-refractivity contribution in [1.82, 2.24) is 19.6 Å². The van der Waals surface area contributed by atoms with Crippen LogP contribution in [-0.4, -0.2) is 19.6 Å². The van der Waals surface area contributed by atoms with E-state index in [9.17, 15) is 0 Å². The number of hydrogen-bond donors (Lipinski definition) is 1. The van der Waals surface area contributed by atoms with Crippen LogP contribution in [0.1, 0.15) is 0 Å². The van der Waals surface area contributed by atoms with Gasteiger partial charge in [0.25, 0.3) is 5.78 Å². The number of H-pyrrole nitrogens is 1. The third-order valence-electron chi connectivity index (χ3n) is 3.24. The Kier molecular flexibility index (Phi) is 2.39. The SMILES string of the molecule is c1ccc(-c2cn3[nH]c(-c4ccccc4)nc3n2)cc1. The van der Waals surface area contributed by atoms with Crippen LogP contribution in [-0.2, 0) is 0 Å². The van der Waals surface area contributed by atoms with Crippen molar-refractivity contribution >= 4 is 5.78 Å². The van der Waals surface area contributed by atoms with Crippen LogP contribution in [0, 0.1) is 0 Å². The predicted molar refractivity (Wildman–Crippen MR) is 78.2 cm³/mol. The van der Waals surface area contributed by atoms with E-state index < -0.39 is 0 Å². The zero-order valence-corrected chi connectivity index (χ0v) is 10.7. The zero-order chi connectivity index (χ0) is 13.4. The molecule has 4 rings (SSSR count). The van der Waals surface area contributed by atoms with Gasteiger partial charge in [0.2, 0.25) is 0 Å². The normalized spacial score (nSPS) is 11.0. The molecule has 2 heterocycles. The van der Waals surface area contributed by atoms with E-state index in [0.717, 1.165) is 22.6 Å². The minimum atomic E-state index is 0.683. The van der Waals surface area contributed by atoms with E-state index >= 15 is 0 Å². The van der Waals surface area contributed by atoms with E-state index in [0.29, 0.717) is 5.78 Å². The molecule has 2 aromatic carbocycles. The first kappa shape index (κ1) is 11.0. The molecule has 1 N–H and O–H groups in total. The molecule has 0 aliphatic rings. The number of benzene rings is 2. The van der Waals surface area contributed by atoms with Crippen LogP contribution >= 0.6 is 0 Å². The largest absolute Gasteiger partial charge is 0.274 e. The second kappa shape index (κ2) is 4.35. The number of nitrogens with zero attached hydrogens (tertiary/aromatic N) is 3. The third kappa shape index (κ3) is 1.78. The van der Waals surface area contributed by atoms with Crippen molar-refractivity contribution in [2.75, 3.05) is 0 Å². The van der Waals surface area contributed by atoms with Crippen LogP contribution in [0.5, 0.6) is 0 Å². The van der Waals surface area contributed by atoms with Gasteiger partial charge in [0.05, 0.1) is 11.9 Å². The summed E-state index contributed by atoms with van der Waals surface area (Å²) in [6.07, 6.45) is 1.96. The second-order valence-corrected chi connectivity index (χ2v) is 4.60. The molecule has 96 valence electrons. The molecule has 0 aliphatic carbocycles. The molecule has 20 heavy (non-hydrogen) atoms. The lowest BCUT2D eigenvalue weighted by atomic mass is 10.2. The van der Waals surface area contributed by atoms with Crippen molar-refractivity contribution in [3.05, 3.63) is 66.9 Å². The summed E-state index contributed by atoms with van der Waals surface area (Å²) in [6.45, 7) is 0. The average Bonchev–Trinajstić information content (AvgIpc) is 3.08. The zero-order valence-electron chi connectivity index (χ0n) is 10.7. The first-order valence-electron chi connectivity index (χ1n) is 6.46. The Morgan fingerprint density at radius 1 is 0.750 bits per heavy atom. The van der Waals surface area contributed by atoms with Gasteiger partial charge >= 0.3 is 0 Å². The van der Waals surface area contributed by atoms with Gasteiger partial charge in [-0.3, -0.25) is 5.10 Å². The van der Waals surface area contributed by atoms with Gasteiger partial charge in [0, 0.05) is 11.1 Å². The van der Waals surface area contributed by atoms with Crippen LogP contribution in [0.15, 0.2) is 66.9 Å². The lowest BCUT2D eigenvalue weighted by Gasteiger charge is -1.95. The molecular formula is C16H12N4. The molecule has 0 saturated heterocycles. The van der Waals surface area contributed by atoms with Gasteiger partial charge in [-0.1, -0.05) is 60.7 Å². The maximum absolute atomic E-state index is 4.55. The van der Waals surface area contributed by atoms with Crippen molar-refractivity contribution in [3.63, 3.8) is 0 Å². The quantitative estimate of drug-likeness (QED) is 0.600. The van der Waals surface area contributed by atoms with Crippen LogP contribution in [0.25, 0.3) is 28.4 Å². The third-order valence-corrected chi connectivity index (χ3v) is 3.24. The molecular weight excluding hydrogens is 248 g/mol. The van der Waals surface area contributed by atoms with Gasteiger partial charge in [-0.15, -0.1) is 0 Å². The summed E-state index contributed by atoms with van der Waals surface area (Å²) in [6, 6.07) is 20.1. The Bertz CT molecular complexity index is 743. The van der Waals surface area contributed by atoms with E-state index in [1.165, 1.54) is 0 Å². The molecule has 0 amide bonds. The van der Waals surface area contributed by atoms with E-state index in [-0.39, 0.29) is 0 Å². The highest BCUT2D eigenvalue weighted by Crippen LogP contribution is 2.20. The Morgan fingerprint density at radius 3 is 2.05 bits per heavy atom. The average molecular weight is 260 g/mol. The molecule has 4 aromatic rings. The number of hydrogen-bond acceptors (Lipinski definition) is 2. The Hall–Kier alpha value is -2.88. The second-order valence-electron chi connectivity index (χ2n) is 4.60. The molecule has 0 saturated carbocycles. The molecule has 0 fully saturated rings. The molecule has 0 bridgehead atoms. The van der Waals surface area contributed by atoms with Crippen LogP contribution in [0.3, 0.4) is 0 Å². The summed E-state index contributed by atoms with van der Waals surface area (Å²) in [5.74, 6) is 1.51. The summed E-state index contributed by atoms with van der Waals surface area (Å²) < 4.78 is 1.85. The smallest absolute Gasteiger partial charge is 0.251 e. The predicted octanol–water partition coefficient (Wildman–Crippen LogP) is 3.39. The summed E-state index contributed by atoms with van der Waals surface area (Å²) in [5.41, 5.74) is 3.07. The number of fused-ring (bicyclic) bond motifs is 1. The fraction of sp³-hybridized carbons (Fsp3) is 0. The molecule has 0 radical (unpaired) electrons. The standard InChI is InChI=1S/C16H12N4/c1-3-7-12(8-4-1)14-11-20-16(17-14)18-15(19-20)13-9-5-2-6-10-13/h1-11H,(H,17,18,19). The Morgan fingerprint density at radius 2 is 1.40 bits per heavy atom. The summed E-state index contributed by atoms with van der Waals surface area (Å²) in [5, 5.41) is 3.25. The summed E-state index contributed by atoms with van der Waals surface area (Å²) in [4.78, 5) is 9.08. The highest BCUT2D eigenvalue weighted by molar-refractivity contribution is 5.63. The minimum absolute atomic E-state index is 0.683. The lowest BCUT2D eigenvalue weighted by molar-refractivity contribution is 0.978. The number of aromatic amines is 1. The van der Waals surface area contributed by atoms with Crippen LogP contribution < -0.4 is 0 Å². The highest BCUT2D eigenvalue weighted by atomic mass is 15.3. The summed E-state index contributed by atoms with van der Waals surface area (Å²) >= 11 is 0. The number of imidazole rings is 1. The Balaban J connectivity index is 1.78.